The van der Waals surface area contributed by atoms with Crippen LogP contribution in [0.1, 0.15) is 35.6 Å². The molecular weight excluding hydrogens is 382 g/mol. The molecule has 1 aromatic carbocycles. The van der Waals surface area contributed by atoms with Gasteiger partial charge in [0.05, 0.1) is 10.9 Å². The molecule has 1 N–H and O–H groups in total. The van der Waals surface area contributed by atoms with Crippen molar-refractivity contribution in [2.24, 2.45) is 0 Å². The van der Waals surface area contributed by atoms with E-state index in [2.05, 4.69) is 20.9 Å². The summed E-state index contributed by atoms with van der Waals surface area (Å²) in [4.78, 5) is 17.2. The van der Waals surface area contributed by atoms with E-state index >= 15 is 0 Å². The lowest BCUT2D eigenvalue weighted by molar-refractivity contribution is 0.147. The Hall–Kier alpha value is -1.76. The largest absolute Gasteiger partial charge is 0.465 e. The second-order valence-corrected chi connectivity index (χ2v) is 7.17. The van der Waals surface area contributed by atoms with Gasteiger partial charge in [0.1, 0.15) is 0 Å². The molecule has 7 heteroatoms. The molecule has 126 valence electrons. The summed E-state index contributed by atoms with van der Waals surface area (Å²) < 4.78 is 29.0. The number of rotatable bonds is 1. The smallest absolute Gasteiger partial charge is 0.407 e. The Morgan fingerprint density at radius 3 is 2.67 bits per heavy atom. The first kappa shape index (κ1) is 15.7. The van der Waals surface area contributed by atoms with Crippen LogP contribution in [-0.2, 0) is 12.8 Å². The molecule has 1 aliphatic carbocycles. The van der Waals surface area contributed by atoms with E-state index in [1.54, 1.807) is 0 Å². The van der Waals surface area contributed by atoms with Crippen LogP contribution in [0.4, 0.5) is 13.6 Å². The van der Waals surface area contributed by atoms with E-state index in [-0.39, 0.29) is 11.3 Å². The van der Waals surface area contributed by atoms with Crippen LogP contribution in [-0.4, -0.2) is 34.2 Å². The minimum absolute atomic E-state index is 0.180. The lowest BCUT2D eigenvalue weighted by atomic mass is 10.00. The van der Waals surface area contributed by atoms with Gasteiger partial charge in [0, 0.05) is 29.7 Å². The highest BCUT2D eigenvalue weighted by Crippen LogP contribution is 2.45. The van der Waals surface area contributed by atoms with Crippen molar-refractivity contribution in [3.63, 3.8) is 0 Å². The number of aromatic nitrogens is 1. The molecule has 0 saturated heterocycles. The number of benzene rings is 1. The molecular formula is C17H15BrF2N2O2. The third kappa shape index (κ3) is 2.46. The Kier molecular flexibility index (Phi) is 3.71. The first-order chi connectivity index (χ1) is 11.5. The first-order valence-electron chi connectivity index (χ1n) is 7.94. The van der Waals surface area contributed by atoms with E-state index in [0.29, 0.717) is 35.9 Å². The Bertz CT molecular complexity index is 868. The van der Waals surface area contributed by atoms with E-state index in [1.165, 1.54) is 11.0 Å². The van der Waals surface area contributed by atoms with Crippen LogP contribution in [0.3, 0.4) is 0 Å². The van der Waals surface area contributed by atoms with Gasteiger partial charge in [-0.2, -0.15) is 0 Å². The van der Waals surface area contributed by atoms with E-state index in [0.717, 1.165) is 29.7 Å². The number of amides is 1. The molecule has 1 aromatic heterocycles. The van der Waals surface area contributed by atoms with Gasteiger partial charge in [0.2, 0.25) is 0 Å². The Labute approximate surface area is 145 Å². The van der Waals surface area contributed by atoms with Crippen LogP contribution in [0, 0.1) is 11.6 Å². The number of carbonyl (C=O) groups is 1. The fraction of sp³-hybridized carbons (Fsp3) is 0.412. The average Bonchev–Trinajstić information content (AvgIpc) is 3.37. The van der Waals surface area contributed by atoms with Crippen LogP contribution < -0.4 is 0 Å². The zero-order valence-corrected chi connectivity index (χ0v) is 14.4. The molecule has 1 saturated carbocycles. The summed E-state index contributed by atoms with van der Waals surface area (Å²) in [5.41, 5.74) is 2.81. The van der Waals surface area contributed by atoms with E-state index in [4.69, 9.17) is 0 Å². The maximum absolute atomic E-state index is 14.4. The Morgan fingerprint density at radius 2 is 2.00 bits per heavy atom. The normalized spacial score (nSPS) is 17.7. The van der Waals surface area contributed by atoms with Gasteiger partial charge in [-0.05, 0) is 58.3 Å². The van der Waals surface area contributed by atoms with E-state index in [9.17, 15) is 18.7 Å². The van der Waals surface area contributed by atoms with Crippen LogP contribution in [0.5, 0.6) is 0 Å². The monoisotopic (exact) mass is 396 g/mol. The van der Waals surface area contributed by atoms with Gasteiger partial charge < -0.3 is 10.0 Å². The third-order valence-electron chi connectivity index (χ3n) is 4.84. The first-order valence-corrected chi connectivity index (χ1v) is 8.73. The van der Waals surface area contributed by atoms with Gasteiger partial charge in [-0.1, -0.05) is 0 Å². The second-order valence-electron chi connectivity index (χ2n) is 6.38. The summed E-state index contributed by atoms with van der Waals surface area (Å²) in [7, 11) is 0. The van der Waals surface area contributed by atoms with Crippen molar-refractivity contribution in [2.45, 2.75) is 31.6 Å². The molecule has 0 unspecified atom stereocenters. The minimum Gasteiger partial charge on any atom is -0.465 e. The molecule has 1 fully saturated rings. The topological polar surface area (TPSA) is 53.4 Å². The van der Waals surface area contributed by atoms with Gasteiger partial charge in [-0.25, -0.2) is 13.6 Å². The van der Waals surface area contributed by atoms with Gasteiger partial charge >= 0.3 is 6.09 Å². The predicted molar refractivity (Wildman–Crippen MR) is 88.3 cm³/mol. The standard InChI is InChI=1S/C17H15BrF2N2O2/c18-14-9-3-5-22(17(23)24)6-4-12(9)21-16-10(8-1-2-8)7-11(19)15(20)13(14)16/h7-8H,1-6H2,(H,23,24). The molecule has 24 heavy (non-hydrogen) atoms. The maximum atomic E-state index is 14.4. The number of halogens is 3. The van der Waals surface area contributed by atoms with Crippen LogP contribution >= 0.6 is 15.9 Å². The summed E-state index contributed by atoms with van der Waals surface area (Å²) in [6, 6.07) is 1.27. The summed E-state index contributed by atoms with van der Waals surface area (Å²) in [6.45, 7) is 0.677. The fourth-order valence-electron chi connectivity index (χ4n) is 3.39. The Balaban J connectivity index is 1.93. The van der Waals surface area contributed by atoms with Gasteiger partial charge in [0.15, 0.2) is 11.6 Å². The third-order valence-corrected chi connectivity index (χ3v) is 5.71. The molecule has 0 bridgehead atoms. The molecule has 4 rings (SSSR count). The number of hydrogen-bond donors (Lipinski definition) is 1. The van der Waals surface area contributed by atoms with Crippen molar-refractivity contribution in [3.8, 4) is 0 Å². The second kappa shape index (κ2) is 5.65. The molecule has 0 atom stereocenters. The van der Waals surface area contributed by atoms with Crippen molar-refractivity contribution in [1.29, 1.82) is 0 Å². The molecule has 1 amide bonds. The van der Waals surface area contributed by atoms with Crippen molar-refractivity contribution < 1.29 is 18.7 Å². The summed E-state index contributed by atoms with van der Waals surface area (Å²) in [5.74, 6) is -1.51. The number of hydrogen-bond acceptors (Lipinski definition) is 2. The van der Waals surface area contributed by atoms with Crippen molar-refractivity contribution in [2.75, 3.05) is 13.1 Å². The zero-order valence-electron chi connectivity index (χ0n) is 12.8. The van der Waals surface area contributed by atoms with E-state index < -0.39 is 17.7 Å². The number of nitrogens with zero attached hydrogens (tertiary/aromatic N) is 2. The van der Waals surface area contributed by atoms with Gasteiger partial charge in [0.25, 0.3) is 0 Å². The lowest BCUT2D eigenvalue weighted by Gasteiger charge is -2.15. The molecule has 4 nitrogen and oxygen atoms in total. The molecule has 0 radical (unpaired) electrons. The van der Waals surface area contributed by atoms with E-state index in [1.807, 2.05) is 0 Å². The van der Waals surface area contributed by atoms with Crippen LogP contribution in [0.2, 0.25) is 0 Å². The summed E-state index contributed by atoms with van der Waals surface area (Å²) in [6.07, 6.45) is 1.85. The van der Waals surface area contributed by atoms with Crippen molar-refractivity contribution in [3.05, 3.63) is 39.0 Å². The molecule has 2 heterocycles. The molecule has 2 aromatic rings. The van der Waals surface area contributed by atoms with Crippen LogP contribution in [0.15, 0.2) is 10.5 Å². The maximum Gasteiger partial charge on any atom is 0.407 e. The number of pyridine rings is 1. The highest BCUT2D eigenvalue weighted by Gasteiger charge is 2.31. The van der Waals surface area contributed by atoms with Crippen molar-refractivity contribution in [1.82, 2.24) is 9.88 Å². The zero-order chi connectivity index (χ0) is 17.0. The van der Waals surface area contributed by atoms with Gasteiger partial charge in [-0.15, -0.1) is 0 Å². The summed E-state index contributed by atoms with van der Waals surface area (Å²) >= 11 is 3.44. The molecule has 1 aliphatic heterocycles. The minimum atomic E-state index is -0.973. The fourth-order valence-corrected chi connectivity index (χ4v) is 4.18. The average molecular weight is 397 g/mol. The van der Waals surface area contributed by atoms with Crippen molar-refractivity contribution >= 4 is 32.9 Å². The SMILES string of the molecule is O=C(O)N1CCc2nc3c(C4CC4)cc(F)c(F)c3c(Br)c2CC1. The highest BCUT2D eigenvalue weighted by atomic mass is 79.9. The van der Waals surface area contributed by atoms with Crippen LogP contribution in [0.25, 0.3) is 10.9 Å². The summed E-state index contributed by atoms with van der Waals surface area (Å²) in [5, 5.41) is 9.37. The molecule has 2 aliphatic rings. The Morgan fingerprint density at radius 1 is 1.29 bits per heavy atom. The van der Waals surface area contributed by atoms with Gasteiger partial charge in [-0.3, -0.25) is 4.98 Å². The predicted octanol–water partition coefficient (Wildman–Crippen LogP) is 4.23. The quantitative estimate of drug-likeness (QED) is 0.784. The number of carboxylic acid groups (broad SMARTS) is 1. The highest BCUT2D eigenvalue weighted by molar-refractivity contribution is 9.10. The lowest BCUT2D eigenvalue weighted by Crippen LogP contribution is -2.31. The number of fused-ring (bicyclic) bond motifs is 2. The molecule has 0 spiro atoms.